The Balaban J connectivity index is 1.47. The van der Waals surface area contributed by atoms with E-state index in [0.29, 0.717) is 13.1 Å². The summed E-state index contributed by atoms with van der Waals surface area (Å²) in [7, 11) is 0. The van der Waals surface area contributed by atoms with Gasteiger partial charge in [-0.1, -0.05) is 41.4 Å². The minimum atomic E-state index is -0.531. The van der Waals surface area contributed by atoms with Gasteiger partial charge in [0, 0.05) is 44.9 Å². The molecule has 0 aliphatic carbocycles. The molecule has 1 saturated heterocycles. The first-order valence-electron chi connectivity index (χ1n) is 9.05. The van der Waals surface area contributed by atoms with Crippen molar-refractivity contribution >= 4 is 23.2 Å². The van der Waals surface area contributed by atoms with Crippen LogP contribution in [0.5, 0.6) is 5.75 Å². The molecule has 0 atom stereocenters. The van der Waals surface area contributed by atoms with Crippen LogP contribution in [0, 0.1) is 17.0 Å². The number of rotatable bonds is 6. The highest BCUT2D eigenvalue weighted by molar-refractivity contribution is 6.32. The van der Waals surface area contributed by atoms with Crippen molar-refractivity contribution in [3.63, 3.8) is 0 Å². The second-order valence-electron chi connectivity index (χ2n) is 6.81. The third-order valence-electron chi connectivity index (χ3n) is 4.69. The Morgan fingerprint density at radius 2 is 1.93 bits per heavy atom. The number of halogens is 1. The molecule has 2 aromatic rings. The molecule has 0 aromatic heterocycles. The van der Waals surface area contributed by atoms with Gasteiger partial charge in [-0.15, -0.1) is 0 Å². The number of ether oxygens (including phenoxy) is 1. The summed E-state index contributed by atoms with van der Waals surface area (Å²) in [5.74, 6) is 0.142. The van der Waals surface area contributed by atoms with Crippen molar-refractivity contribution in [1.82, 2.24) is 9.80 Å². The Labute approximate surface area is 168 Å². The third-order valence-corrected chi connectivity index (χ3v) is 4.99. The molecule has 7 nitrogen and oxygen atoms in total. The van der Waals surface area contributed by atoms with E-state index in [-0.39, 0.29) is 29.0 Å². The van der Waals surface area contributed by atoms with Crippen molar-refractivity contribution in [2.75, 3.05) is 32.8 Å². The lowest BCUT2D eigenvalue weighted by Gasteiger charge is -2.34. The fourth-order valence-corrected chi connectivity index (χ4v) is 3.40. The number of hydrogen-bond donors (Lipinski definition) is 0. The van der Waals surface area contributed by atoms with Gasteiger partial charge < -0.3 is 9.64 Å². The van der Waals surface area contributed by atoms with Crippen LogP contribution in [0.2, 0.25) is 5.02 Å². The van der Waals surface area contributed by atoms with E-state index in [1.807, 2.05) is 0 Å². The first-order valence-corrected chi connectivity index (χ1v) is 9.42. The molecule has 3 rings (SSSR count). The van der Waals surface area contributed by atoms with Gasteiger partial charge in [-0.05, 0) is 18.6 Å². The lowest BCUT2D eigenvalue weighted by atomic mass is 10.1. The number of amides is 1. The van der Waals surface area contributed by atoms with Crippen molar-refractivity contribution in [3.8, 4) is 5.75 Å². The standard InChI is InChI=1S/C20H22ClN3O4/c1-15-3-2-4-16(11-15)13-22-7-9-23(10-8-22)20(25)14-28-19-6-5-17(24(26)27)12-18(19)21/h2-6,11-12H,7-10,13-14H2,1H3. The van der Waals surface area contributed by atoms with Crippen LogP contribution >= 0.6 is 11.6 Å². The van der Waals surface area contributed by atoms with E-state index in [4.69, 9.17) is 16.3 Å². The lowest BCUT2D eigenvalue weighted by Crippen LogP contribution is -2.49. The number of benzene rings is 2. The normalized spacial score (nSPS) is 14.7. The summed E-state index contributed by atoms with van der Waals surface area (Å²) < 4.78 is 5.46. The first kappa shape index (κ1) is 20.1. The summed E-state index contributed by atoms with van der Waals surface area (Å²) in [6, 6.07) is 12.4. The molecule has 1 fully saturated rings. The lowest BCUT2D eigenvalue weighted by molar-refractivity contribution is -0.384. The summed E-state index contributed by atoms with van der Waals surface area (Å²) in [6.07, 6.45) is 0. The van der Waals surface area contributed by atoms with Crippen molar-refractivity contribution < 1.29 is 14.5 Å². The van der Waals surface area contributed by atoms with Gasteiger partial charge >= 0.3 is 0 Å². The monoisotopic (exact) mass is 403 g/mol. The summed E-state index contributed by atoms with van der Waals surface area (Å²) in [6.45, 7) is 5.70. The number of nitrogens with zero attached hydrogens (tertiary/aromatic N) is 3. The molecular formula is C20H22ClN3O4. The Morgan fingerprint density at radius 1 is 1.18 bits per heavy atom. The van der Waals surface area contributed by atoms with Crippen molar-refractivity contribution in [2.24, 2.45) is 0 Å². The zero-order valence-corrected chi connectivity index (χ0v) is 16.4. The number of nitro groups is 1. The average Bonchev–Trinajstić information content (AvgIpc) is 2.67. The van der Waals surface area contributed by atoms with Gasteiger partial charge in [0.2, 0.25) is 0 Å². The maximum absolute atomic E-state index is 12.4. The topological polar surface area (TPSA) is 75.9 Å². The fourth-order valence-electron chi connectivity index (χ4n) is 3.18. The summed E-state index contributed by atoms with van der Waals surface area (Å²) in [5, 5.41) is 10.9. The Bertz CT molecular complexity index is 866. The van der Waals surface area contributed by atoms with Gasteiger partial charge in [-0.25, -0.2) is 0 Å². The molecule has 148 valence electrons. The van der Waals surface area contributed by atoms with E-state index in [1.165, 1.54) is 29.3 Å². The average molecular weight is 404 g/mol. The molecule has 0 radical (unpaired) electrons. The summed E-state index contributed by atoms with van der Waals surface area (Å²) in [5.41, 5.74) is 2.40. The van der Waals surface area contributed by atoms with Crippen LogP contribution in [0.25, 0.3) is 0 Å². The van der Waals surface area contributed by atoms with Gasteiger partial charge in [0.15, 0.2) is 6.61 Å². The van der Waals surface area contributed by atoms with Crippen LogP contribution in [-0.2, 0) is 11.3 Å². The molecule has 1 heterocycles. The predicted octanol–water partition coefficient (Wildman–Crippen LogP) is 3.28. The third kappa shape index (κ3) is 5.21. The number of piperazine rings is 1. The van der Waals surface area contributed by atoms with Gasteiger partial charge in [0.25, 0.3) is 11.6 Å². The first-order chi connectivity index (χ1) is 13.4. The van der Waals surface area contributed by atoms with Gasteiger partial charge in [0.05, 0.1) is 9.95 Å². The molecule has 0 N–H and O–H groups in total. The largest absolute Gasteiger partial charge is 0.482 e. The van der Waals surface area contributed by atoms with E-state index in [1.54, 1.807) is 4.90 Å². The van der Waals surface area contributed by atoms with Crippen molar-refractivity contribution in [3.05, 3.63) is 68.7 Å². The molecule has 0 bridgehead atoms. The number of hydrogen-bond acceptors (Lipinski definition) is 5. The molecule has 1 amide bonds. The van der Waals surface area contributed by atoms with Crippen LogP contribution in [0.3, 0.4) is 0 Å². The molecule has 0 spiro atoms. The van der Waals surface area contributed by atoms with Gasteiger partial charge in [0.1, 0.15) is 5.75 Å². The fraction of sp³-hybridized carbons (Fsp3) is 0.350. The summed E-state index contributed by atoms with van der Waals surface area (Å²) in [4.78, 5) is 26.7. The van der Waals surface area contributed by atoms with Gasteiger partial charge in [-0.2, -0.15) is 0 Å². The van der Waals surface area contributed by atoms with Gasteiger partial charge in [-0.3, -0.25) is 19.8 Å². The zero-order chi connectivity index (χ0) is 20.1. The maximum Gasteiger partial charge on any atom is 0.271 e. The SMILES string of the molecule is Cc1cccc(CN2CCN(C(=O)COc3ccc([N+](=O)[O-])cc3Cl)CC2)c1. The number of carbonyl (C=O) groups excluding carboxylic acids is 1. The maximum atomic E-state index is 12.4. The number of nitro benzene ring substituents is 1. The van der Waals surface area contributed by atoms with Crippen LogP contribution in [0.1, 0.15) is 11.1 Å². The molecular weight excluding hydrogens is 382 g/mol. The Kier molecular flexibility index (Phi) is 6.49. The van der Waals surface area contributed by atoms with Crippen LogP contribution < -0.4 is 4.74 Å². The van der Waals surface area contributed by atoms with Crippen LogP contribution in [0.4, 0.5) is 5.69 Å². The number of aryl methyl sites for hydroxylation is 1. The molecule has 8 heteroatoms. The second kappa shape index (κ2) is 9.03. The smallest absolute Gasteiger partial charge is 0.271 e. The molecule has 2 aromatic carbocycles. The Morgan fingerprint density at radius 3 is 2.57 bits per heavy atom. The predicted molar refractivity (Wildman–Crippen MR) is 107 cm³/mol. The minimum absolute atomic E-state index is 0.116. The molecule has 1 aliphatic rings. The number of non-ortho nitro benzene ring substituents is 1. The number of carbonyl (C=O) groups is 1. The summed E-state index contributed by atoms with van der Waals surface area (Å²) >= 11 is 5.99. The van der Waals surface area contributed by atoms with Crippen LogP contribution in [0.15, 0.2) is 42.5 Å². The zero-order valence-electron chi connectivity index (χ0n) is 15.6. The highest BCUT2D eigenvalue weighted by atomic mass is 35.5. The van der Waals surface area contributed by atoms with E-state index in [2.05, 4.69) is 36.1 Å². The molecule has 0 unspecified atom stereocenters. The van der Waals surface area contributed by atoms with E-state index in [0.717, 1.165) is 19.6 Å². The van der Waals surface area contributed by atoms with Crippen molar-refractivity contribution in [2.45, 2.75) is 13.5 Å². The quantitative estimate of drug-likeness (QED) is 0.546. The highest BCUT2D eigenvalue weighted by Gasteiger charge is 2.22. The molecule has 1 aliphatic heterocycles. The Hall–Kier alpha value is -2.64. The molecule has 28 heavy (non-hydrogen) atoms. The van der Waals surface area contributed by atoms with E-state index >= 15 is 0 Å². The van der Waals surface area contributed by atoms with E-state index in [9.17, 15) is 14.9 Å². The minimum Gasteiger partial charge on any atom is -0.482 e. The van der Waals surface area contributed by atoms with Crippen LogP contribution in [-0.4, -0.2) is 53.4 Å². The second-order valence-corrected chi connectivity index (χ2v) is 7.21. The highest BCUT2D eigenvalue weighted by Crippen LogP contribution is 2.28. The molecule has 0 saturated carbocycles. The van der Waals surface area contributed by atoms with E-state index < -0.39 is 4.92 Å². The van der Waals surface area contributed by atoms with Crippen molar-refractivity contribution in [1.29, 1.82) is 0 Å².